The maximum Gasteiger partial charge on any atom is 0.292 e. The van der Waals surface area contributed by atoms with Crippen molar-refractivity contribution in [2.45, 2.75) is 31.3 Å². The standard InChI is InChI=1S/C11H16N2O2S/c1-11(2,3)16-7-8-5-4-6-9(10(8)12)13(14)15/h4-6H,7,12H2,1-3H3. The maximum absolute atomic E-state index is 10.7. The Balaban J connectivity index is 2.90. The van der Waals surface area contributed by atoms with E-state index in [1.54, 1.807) is 17.8 Å². The molecule has 0 aliphatic rings. The quantitative estimate of drug-likeness (QED) is 0.500. The van der Waals surface area contributed by atoms with Crippen molar-refractivity contribution in [2.24, 2.45) is 0 Å². The SMILES string of the molecule is CC(C)(C)SCc1cccc([N+](=O)[O-])c1N. The molecular formula is C11H16N2O2S. The number of para-hydroxylation sites is 1. The molecule has 0 aliphatic heterocycles. The van der Waals surface area contributed by atoms with E-state index < -0.39 is 4.92 Å². The van der Waals surface area contributed by atoms with Crippen molar-refractivity contribution in [3.8, 4) is 0 Å². The van der Waals surface area contributed by atoms with Gasteiger partial charge in [-0.1, -0.05) is 32.9 Å². The zero-order valence-corrected chi connectivity index (χ0v) is 10.5. The van der Waals surface area contributed by atoms with Gasteiger partial charge in [0.05, 0.1) is 4.92 Å². The molecule has 0 saturated carbocycles. The lowest BCUT2D eigenvalue weighted by Crippen LogP contribution is -2.08. The van der Waals surface area contributed by atoms with Gasteiger partial charge in [-0.05, 0) is 5.56 Å². The number of benzene rings is 1. The second-order valence-corrected chi connectivity index (χ2v) is 6.31. The predicted octanol–water partition coefficient (Wildman–Crippen LogP) is 3.21. The third-order valence-corrected chi connectivity index (χ3v) is 3.35. The summed E-state index contributed by atoms with van der Waals surface area (Å²) in [6.45, 7) is 6.31. The van der Waals surface area contributed by atoms with Crippen molar-refractivity contribution in [2.75, 3.05) is 5.73 Å². The van der Waals surface area contributed by atoms with Gasteiger partial charge in [0.15, 0.2) is 0 Å². The maximum atomic E-state index is 10.7. The van der Waals surface area contributed by atoms with Gasteiger partial charge in [0.25, 0.3) is 5.69 Å². The van der Waals surface area contributed by atoms with Crippen molar-refractivity contribution >= 4 is 23.1 Å². The lowest BCUT2D eigenvalue weighted by atomic mass is 10.2. The number of anilines is 1. The van der Waals surface area contributed by atoms with Crippen molar-refractivity contribution in [1.82, 2.24) is 0 Å². The molecule has 0 fully saturated rings. The minimum atomic E-state index is -0.444. The molecule has 0 heterocycles. The fourth-order valence-electron chi connectivity index (χ4n) is 1.18. The van der Waals surface area contributed by atoms with E-state index in [2.05, 4.69) is 20.8 Å². The van der Waals surface area contributed by atoms with Crippen molar-refractivity contribution in [3.05, 3.63) is 33.9 Å². The molecule has 0 spiro atoms. The van der Waals surface area contributed by atoms with E-state index >= 15 is 0 Å². The van der Waals surface area contributed by atoms with Gasteiger partial charge < -0.3 is 5.73 Å². The number of nitro groups is 1. The fourth-order valence-corrected chi connectivity index (χ4v) is 2.02. The fraction of sp³-hybridized carbons (Fsp3) is 0.455. The molecule has 0 atom stereocenters. The molecule has 0 amide bonds. The minimum absolute atomic E-state index is 0.00740. The molecule has 0 bridgehead atoms. The minimum Gasteiger partial charge on any atom is -0.393 e. The Morgan fingerprint density at radius 2 is 2.06 bits per heavy atom. The van der Waals surface area contributed by atoms with Crippen LogP contribution in [0.3, 0.4) is 0 Å². The first-order valence-corrected chi connectivity index (χ1v) is 5.95. The number of nitrogens with zero attached hydrogens (tertiary/aromatic N) is 1. The number of nitrogens with two attached hydrogens (primary N) is 1. The molecule has 0 radical (unpaired) electrons. The highest BCUT2D eigenvalue weighted by atomic mass is 32.2. The third-order valence-electron chi connectivity index (χ3n) is 2.03. The van der Waals surface area contributed by atoms with Gasteiger partial charge in [-0.25, -0.2) is 0 Å². The van der Waals surface area contributed by atoms with Crippen LogP contribution in [0.5, 0.6) is 0 Å². The van der Waals surface area contributed by atoms with E-state index in [0.717, 1.165) is 5.56 Å². The van der Waals surface area contributed by atoms with Gasteiger partial charge in [0.1, 0.15) is 5.69 Å². The van der Waals surface area contributed by atoms with Crippen LogP contribution in [0.15, 0.2) is 18.2 Å². The van der Waals surface area contributed by atoms with Gasteiger partial charge in [0, 0.05) is 16.6 Å². The summed E-state index contributed by atoms with van der Waals surface area (Å²) in [5, 5.41) is 10.7. The highest BCUT2D eigenvalue weighted by molar-refractivity contribution is 7.99. The summed E-state index contributed by atoms with van der Waals surface area (Å²) in [6.07, 6.45) is 0. The van der Waals surface area contributed by atoms with Gasteiger partial charge in [-0.15, -0.1) is 0 Å². The Kier molecular flexibility index (Phi) is 3.80. The average molecular weight is 240 g/mol. The van der Waals surface area contributed by atoms with E-state index in [4.69, 9.17) is 5.73 Å². The van der Waals surface area contributed by atoms with Crippen molar-refractivity contribution in [1.29, 1.82) is 0 Å². The zero-order chi connectivity index (χ0) is 12.3. The molecule has 5 heteroatoms. The van der Waals surface area contributed by atoms with Crippen molar-refractivity contribution in [3.63, 3.8) is 0 Å². The summed E-state index contributed by atoms with van der Waals surface area (Å²) < 4.78 is 0.122. The van der Waals surface area contributed by atoms with Crippen LogP contribution in [-0.2, 0) is 5.75 Å². The zero-order valence-electron chi connectivity index (χ0n) is 9.69. The first-order chi connectivity index (χ1) is 7.31. The molecule has 0 aliphatic carbocycles. The third kappa shape index (κ3) is 3.41. The summed E-state index contributed by atoms with van der Waals surface area (Å²) in [5.74, 6) is 0.691. The van der Waals surface area contributed by atoms with Crippen LogP contribution in [0.4, 0.5) is 11.4 Å². The highest BCUT2D eigenvalue weighted by Crippen LogP contribution is 2.32. The van der Waals surface area contributed by atoms with Crippen LogP contribution >= 0.6 is 11.8 Å². The Morgan fingerprint density at radius 3 is 2.56 bits per heavy atom. The molecule has 0 aromatic heterocycles. The number of rotatable bonds is 3. The number of nitrogen functional groups attached to an aromatic ring is 1. The van der Waals surface area contributed by atoms with Gasteiger partial charge >= 0.3 is 0 Å². The monoisotopic (exact) mass is 240 g/mol. The molecule has 0 saturated heterocycles. The molecule has 0 unspecified atom stereocenters. The molecule has 16 heavy (non-hydrogen) atoms. The molecule has 2 N–H and O–H groups in total. The van der Waals surface area contributed by atoms with Crippen LogP contribution in [0.2, 0.25) is 0 Å². The lowest BCUT2D eigenvalue weighted by Gasteiger charge is -2.17. The van der Waals surface area contributed by atoms with Crippen molar-refractivity contribution < 1.29 is 4.92 Å². The van der Waals surface area contributed by atoms with Gasteiger partial charge in [-0.2, -0.15) is 11.8 Å². The Bertz CT molecular complexity index is 399. The highest BCUT2D eigenvalue weighted by Gasteiger charge is 2.16. The number of hydrogen-bond donors (Lipinski definition) is 1. The Morgan fingerprint density at radius 1 is 1.44 bits per heavy atom. The lowest BCUT2D eigenvalue weighted by molar-refractivity contribution is -0.383. The molecular weight excluding hydrogens is 224 g/mol. The number of thioether (sulfide) groups is 1. The first-order valence-electron chi connectivity index (χ1n) is 4.97. The molecule has 1 rings (SSSR count). The summed E-state index contributed by atoms with van der Waals surface area (Å²) in [6, 6.07) is 4.94. The molecule has 1 aromatic carbocycles. The Hall–Kier alpha value is -1.23. The van der Waals surface area contributed by atoms with Gasteiger partial charge in [-0.3, -0.25) is 10.1 Å². The number of hydrogen-bond acceptors (Lipinski definition) is 4. The average Bonchev–Trinajstić information content (AvgIpc) is 2.14. The summed E-state index contributed by atoms with van der Waals surface area (Å²) in [7, 11) is 0. The predicted molar refractivity (Wildman–Crippen MR) is 68.6 cm³/mol. The largest absolute Gasteiger partial charge is 0.393 e. The molecule has 88 valence electrons. The second kappa shape index (κ2) is 4.74. The normalized spacial score (nSPS) is 11.4. The summed E-state index contributed by atoms with van der Waals surface area (Å²) in [4.78, 5) is 10.3. The smallest absolute Gasteiger partial charge is 0.292 e. The first kappa shape index (κ1) is 12.8. The topological polar surface area (TPSA) is 69.2 Å². The number of nitro benzene ring substituents is 1. The van der Waals surface area contributed by atoms with Crippen LogP contribution in [0.25, 0.3) is 0 Å². The van der Waals surface area contributed by atoms with E-state index in [1.807, 2.05) is 6.07 Å². The van der Waals surface area contributed by atoms with Crippen LogP contribution in [0.1, 0.15) is 26.3 Å². The van der Waals surface area contributed by atoms with E-state index in [-0.39, 0.29) is 16.1 Å². The second-order valence-electron chi connectivity index (χ2n) is 4.51. The van der Waals surface area contributed by atoms with Crippen LogP contribution in [0, 0.1) is 10.1 Å². The van der Waals surface area contributed by atoms with E-state index in [1.165, 1.54) is 6.07 Å². The van der Waals surface area contributed by atoms with E-state index in [0.29, 0.717) is 5.75 Å². The van der Waals surface area contributed by atoms with Crippen LogP contribution in [-0.4, -0.2) is 9.67 Å². The van der Waals surface area contributed by atoms with E-state index in [9.17, 15) is 10.1 Å². The Labute approximate surface area is 99.4 Å². The summed E-state index contributed by atoms with van der Waals surface area (Å²) in [5.41, 5.74) is 6.86. The van der Waals surface area contributed by atoms with Crippen LogP contribution < -0.4 is 5.73 Å². The summed E-state index contributed by atoms with van der Waals surface area (Å²) >= 11 is 1.72. The van der Waals surface area contributed by atoms with Gasteiger partial charge in [0.2, 0.25) is 0 Å². The molecule has 1 aromatic rings. The molecule has 4 nitrogen and oxygen atoms in total.